The molecule has 1 atom stereocenters. The third-order valence-corrected chi connectivity index (χ3v) is 8.47. The monoisotopic (exact) mass is 511 g/mol. The molecular weight excluding hydrogens is 482 g/mol. The summed E-state index contributed by atoms with van der Waals surface area (Å²) in [5, 5.41) is 13.0. The van der Waals surface area contributed by atoms with Crippen LogP contribution in [0.25, 0.3) is 16.0 Å². The summed E-state index contributed by atoms with van der Waals surface area (Å²) in [5.74, 6) is 0.650. The van der Waals surface area contributed by atoms with Crippen molar-refractivity contribution in [3.05, 3.63) is 56.7 Å². The number of hydrogen-bond donors (Lipinski definition) is 1. The van der Waals surface area contributed by atoms with E-state index in [1.54, 1.807) is 23.0 Å². The summed E-state index contributed by atoms with van der Waals surface area (Å²) in [6.07, 6.45) is 2.47. The normalized spacial score (nSPS) is 15.9. The van der Waals surface area contributed by atoms with E-state index in [1.165, 1.54) is 17.3 Å². The minimum absolute atomic E-state index is 0.0472. The average molecular weight is 512 g/mol. The van der Waals surface area contributed by atoms with Crippen molar-refractivity contribution in [2.75, 3.05) is 5.75 Å². The maximum absolute atomic E-state index is 13.2. The number of thioether (sulfide) groups is 1. The van der Waals surface area contributed by atoms with Crippen LogP contribution in [0.1, 0.15) is 43.2 Å². The molecule has 4 aromatic rings. The first-order chi connectivity index (χ1) is 16.7. The lowest BCUT2D eigenvalue weighted by Gasteiger charge is -2.29. The summed E-state index contributed by atoms with van der Waals surface area (Å²) < 4.78 is 9.43. The Morgan fingerprint density at radius 2 is 2.06 bits per heavy atom. The fourth-order valence-electron chi connectivity index (χ4n) is 4.47. The topological polar surface area (TPSA) is 90.5 Å². The van der Waals surface area contributed by atoms with Crippen LogP contribution in [0.15, 0.2) is 40.3 Å². The number of hydrogen-bond acceptors (Lipinski definition) is 7. The van der Waals surface area contributed by atoms with Crippen LogP contribution >= 0.6 is 23.1 Å². The summed E-state index contributed by atoms with van der Waals surface area (Å²) in [7, 11) is 1.72. The molecule has 184 valence electrons. The molecule has 0 bridgehead atoms. The van der Waals surface area contributed by atoms with Gasteiger partial charge in [-0.3, -0.25) is 14.2 Å². The molecule has 5 rings (SSSR count). The van der Waals surface area contributed by atoms with E-state index in [1.807, 2.05) is 43.4 Å². The molecule has 1 aliphatic heterocycles. The van der Waals surface area contributed by atoms with E-state index in [0.717, 1.165) is 28.1 Å². The summed E-state index contributed by atoms with van der Waals surface area (Å²) in [4.78, 5) is 27.8. The third-order valence-electron chi connectivity index (χ3n) is 6.36. The number of nitrogens with zero attached hydrogens (tertiary/aromatic N) is 4. The number of amides is 1. The second-order valence-electron chi connectivity index (χ2n) is 9.67. The van der Waals surface area contributed by atoms with Crippen LogP contribution in [0.4, 0.5) is 0 Å². The number of thiophene rings is 1. The summed E-state index contributed by atoms with van der Waals surface area (Å²) >= 11 is 2.89. The number of aromatic nitrogens is 4. The quantitative estimate of drug-likeness (QED) is 0.380. The first-order valence-electron chi connectivity index (χ1n) is 11.7. The van der Waals surface area contributed by atoms with E-state index in [2.05, 4.69) is 27.6 Å². The van der Waals surface area contributed by atoms with Gasteiger partial charge < -0.3 is 10.1 Å². The Bertz CT molecular complexity index is 1460. The predicted molar refractivity (Wildman–Crippen MR) is 139 cm³/mol. The van der Waals surface area contributed by atoms with Gasteiger partial charge in [0, 0.05) is 24.4 Å². The van der Waals surface area contributed by atoms with Crippen molar-refractivity contribution in [3.63, 3.8) is 0 Å². The number of nitrogens with one attached hydrogen (secondary N) is 1. The highest BCUT2D eigenvalue weighted by Gasteiger charge is 2.32. The van der Waals surface area contributed by atoms with Crippen molar-refractivity contribution in [2.45, 2.75) is 63.4 Å². The van der Waals surface area contributed by atoms with Gasteiger partial charge in [-0.2, -0.15) is 0 Å². The maximum Gasteiger partial charge on any atom is 0.263 e. The Morgan fingerprint density at radius 1 is 1.29 bits per heavy atom. The molecule has 0 fully saturated rings. The Hall–Kier alpha value is -2.69. The first kappa shape index (κ1) is 24.0. The van der Waals surface area contributed by atoms with Gasteiger partial charge >= 0.3 is 0 Å². The molecule has 3 aromatic heterocycles. The Balaban J connectivity index is 1.35. The zero-order valence-electron chi connectivity index (χ0n) is 20.3. The fraction of sp³-hybridized carbons (Fsp3) is 0.440. The largest absolute Gasteiger partial charge is 0.370 e. The van der Waals surface area contributed by atoms with Crippen molar-refractivity contribution in [3.8, 4) is 0 Å². The molecule has 8 nitrogen and oxygen atoms in total. The molecule has 1 aliphatic rings. The second kappa shape index (κ2) is 9.40. The van der Waals surface area contributed by atoms with Gasteiger partial charge in [-0.05, 0) is 44.7 Å². The maximum atomic E-state index is 13.2. The summed E-state index contributed by atoms with van der Waals surface area (Å²) in [6, 6.07) is 10.3. The molecule has 0 saturated heterocycles. The van der Waals surface area contributed by atoms with Gasteiger partial charge in [0.15, 0.2) is 5.16 Å². The molecule has 0 saturated carbocycles. The molecule has 10 heteroatoms. The van der Waals surface area contributed by atoms with Gasteiger partial charge in [-0.25, -0.2) is 4.40 Å². The van der Waals surface area contributed by atoms with Gasteiger partial charge in [0.2, 0.25) is 11.7 Å². The molecule has 0 aliphatic carbocycles. The van der Waals surface area contributed by atoms with Crippen molar-refractivity contribution >= 4 is 45.0 Å². The second-order valence-corrected chi connectivity index (χ2v) is 11.7. The lowest BCUT2D eigenvalue weighted by molar-refractivity contribution is -0.119. The summed E-state index contributed by atoms with van der Waals surface area (Å²) in [5.41, 5.74) is 1.93. The van der Waals surface area contributed by atoms with Crippen LogP contribution in [0.3, 0.4) is 0 Å². The van der Waals surface area contributed by atoms with Gasteiger partial charge in [0.1, 0.15) is 4.83 Å². The average Bonchev–Trinajstić information content (AvgIpc) is 3.41. The molecule has 4 heterocycles. The zero-order chi connectivity index (χ0) is 24.7. The fourth-order valence-corrected chi connectivity index (χ4v) is 6.50. The molecule has 1 aromatic carbocycles. The number of fused-ring (bicyclic) bond motifs is 5. The Kier molecular flexibility index (Phi) is 6.45. The third kappa shape index (κ3) is 4.74. The van der Waals surface area contributed by atoms with E-state index in [9.17, 15) is 9.59 Å². The SMILES string of the molecule is CC(CCc1ccccc1)NC(=O)CSc1nnc2n(C)c(=O)c3c4c(sc3n12)COC(C)(C)C4. The number of carbonyl (C=O) groups excluding carboxylic acids is 1. The molecule has 1 amide bonds. The number of benzene rings is 1. The van der Waals surface area contributed by atoms with E-state index >= 15 is 0 Å². The lowest BCUT2D eigenvalue weighted by atomic mass is 9.94. The van der Waals surface area contributed by atoms with Crippen LogP contribution < -0.4 is 10.9 Å². The predicted octanol–water partition coefficient (Wildman–Crippen LogP) is 3.72. The van der Waals surface area contributed by atoms with Gasteiger partial charge in [-0.15, -0.1) is 21.5 Å². The van der Waals surface area contributed by atoms with Gasteiger partial charge in [-0.1, -0.05) is 42.1 Å². The standard InChI is InChI=1S/C25H29N5O3S2/c1-15(10-11-16-8-6-5-7-9-16)26-19(31)14-34-24-28-27-23-29(4)21(32)20-17-12-25(2,3)33-13-18(17)35-22(20)30(23)24/h5-9,15H,10-14H2,1-4H3,(H,26,31). The highest BCUT2D eigenvalue weighted by atomic mass is 32.2. The highest BCUT2D eigenvalue weighted by Crippen LogP contribution is 2.38. The molecule has 0 spiro atoms. The first-order valence-corrected chi connectivity index (χ1v) is 13.5. The molecule has 1 N–H and O–H groups in total. The highest BCUT2D eigenvalue weighted by molar-refractivity contribution is 7.99. The van der Waals surface area contributed by atoms with Crippen molar-refractivity contribution in [1.29, 1.82) is 0 Å². The number of rotatable bonds is 7. The van der Waals surface area contributed by atoms with Crippen LogP contribution in [0.2, 0.25) is 0 Å². The molecular formula is C25H29N5O3S2. The van der Waals surface area contributed by atoms with Gasteiger partial charge in [0.25, 0.3) is 5.56 Å². The number of ether oxygens (including phenoxy) is 1. The molecule has 35 heavy (non-hydrogen) atoms. The van der Waals surface area contributed by atoms with E-state index in [4.69, 9.17) is 4.74 Å². The van der Waals surface area contributed by atoms with Crippen LogP contribution in [-0.2, 0) is 36.0 Å². The minimum Gasteiger partial charge on any atom is -0.370 e. The van der Waals surface area contributed by atoms with Crippen molar-refractivity contribution in [1.82, 2.24) is 24.5 Å². The Morgan fingerprint density at radius 3 is 2.83 bits per heavy atom. The van der Waals surface area contributed by atoms with E-state index in [-0.39, 0.29) is 28.9 Å². The van der Waals surface area contributed by atoms with Gasteiger partial charge in [0.05, 0.1) is 23.3 Å². The van der Waals surface area contributed by atoms with Crippen molar-refractivity contribution in [2.24, 2.45) is 7.05 Å². The van der Waals surface area contributed by atoms with E-state index in [0.29, 0.717) is 29.3 Å². The number of aryl methyl sites for hydroxylation is 2. The van der Waals surface area contributed by atoms with Crippen LogP contribution in [0, 0.1) is 0 Å². The zero-order valence-corrected chi connectivity index (χ0v) is 22.0. The lowest BCUT2D eigenvalue weighted by Crippen LogP contribution is -2.34. The van der Waals surface area contributed by atoms with Crippen LogP contribution in [0.5, 0.6) is 0 Å². The minimum atomic E-state index is -0.318. The van der Waals surface area contributed by atoms with Crippen LogP contribution in [-0.4, -0.2) is 42.5 Å². The smallest absolute Gasteiger partial charge is 0.263 e. The molecule has 1 unspecified atom stereocenters. The van der Waals surface area contributed by atoms with Crippen molar-refractivity contribution < 1.29 is 9.53 Å². The number of carbonyl (C=O) groups is 1. The Labute approximate surface area is 211 Å². The molecule has 0 radical (unpaired) electrons. The summed E-state index contributed by atoms with van der Waals surface area (Å²) in [6.45, 7) is 6.60. The van der Waals surface area contributed by atoms with E-state index < -0.39 is 0 Å².